The lowest BCUT2D eigenvalue weighted by atomic mass is 10.0. The highest BCUT2D eigenvalue weighted by Gasteiger charge is 2.54. The third kappa shape index (κ3) is 1.28. The van der Waals surface area contributed by atoms with Gasteiger partial charge in [-0.05, 0) is 0 Å². The zero-order valence-corrected chi connectivity index (χ0v) is 11.9. The SMILES string of the molecule is C[N+]12CCCN3CC[N+]4(C)CCCN(CC1)C4=C32. The van der Waals surface area contributed by atoms with Crippen molar-refractivity contribution >= 4 is 0 Å². The quantitative estimate of drug-likeness (QED) is 0.576. The second kappa shape index (κ2) is 3.42. The van der Waals surface area contributed by atoms with E-state index in [9.17, 15) is 0 Å². The normalized spacial score (nSPS) is 43.0. The topological polar surface area (TPSA) is 6.48 Å². The van der Waals surface area contributed by atoms with E-state index in [-0.39, 0.29) is 0 Å². The summed E-state index contributed by atoms with van der Waals surface area (Å²) in [5.74, 6) is 3.36. The molecule has 4 nitrogen and oxygen atoms in total. The maximum absolute atomic E-state index is 2.70. The molecule has 4 aliphatic rings. The van der Waals surface area contributed by atoms with Gasteiger partial charge in [0.25, 0.3) is 11.6 Å². The van der Waals surface area contributed by atoms with Gasteiger partial charge in [0.2, 0.25) is 0 Å². The van der Waals surface area contributed by atoms with Gasteiger partial charge in [-0.25, -0.2) is 0 Å². The highest BCUT2D eigenvalue weighted by atomic mass is 15.6. The van der Waals surface area contributed by atoms with Crippen molar-refractivity contribution in [3.05, 3.63) is 11.6 Å². The Bertz CT molecular complexity index is 380. The first-order valence-electron chi connectivity index (χ1n) is 7.57. The minimum atomic E-state index is 1.21. The lowest BCUT2D eigenvalue weighted by molar-refractivity contribution is -0.937. The molecule has 0 saturated carbocycles. The molecule has 2 fully saturated rings. The average molecular weight is 250 g/mol. The molecule has 4 aliphatic heterocycles. The number of quaternary nitrogens is 2. The van der Waals surface area contributed by atoms with Crippen molar-refractivity contribution in [2.24, 2.45) is 0 Å². The Morgan fingerprint density at radius 1 is 0.667 bits per heavy atom. The fourth-order valence-corrected chi connectivity index (χ4v) is 4.65. The molecular weight excluding hydrogens is 224 g/mol. The van der Waals surface area contributed by atoms with E-state index in [1.807, 2.05) is 0 Å². The fraction of sp³-hybridized carbons (Fsp3) is 0.857. The van der Waals surface area contributed by atoms with Crippen LogP contribution in [-0.2, 0) is 0 Å². The van der Waals surface area contributed by atoms with Crippen LogP contribution in [-0.4, -0.2) is 85.2 Å². The van der Waals surface area contributed by atoms with Crippen molar-refractivity contribution in [3.8, 4) is 0 Å². The van der Waals surface area contributed by atoms with Crippen LogP contribution in [0.4, 0.5) is 0 Å². The van der Waals surface area contributed by atoms with Crippen LogP contribution in [0, 0.1) is 0 Å². The number of hydrogen-bond acceptors (Lipinski definition) is 2. The van der Waals surface area contributed by atoms with Crippen LogP contribution in [0.15, 0.2) is 11.6 Å². The largest absolute Gasteiger partial charge is 0.316 e. The molecule has 0 aromatic rings. The number of likely N-dealkylation sites (N-methyl/N-ethyl adjacent to an activating group) is 2. The van der Waals surface area contributed by atoms with Gasteiger partial charge in [0, 0.05) is 25.9 Å². The summed E-state index contributed by atoms with van der Waals surface area (Å²) in [7, 11) is 4.94. The van der Waals surface area contributed by atoms with E-state index in [2.05, 4.69) is 23.9 Å². The van der Waals surface area contributed by atoms with Crippen LogP contribution in [0.5, 0.6) is 0 Å². The molecule has 0 aromatic carbocycles. The standard InChI is InChI=1S/C14H26N4/c1-17-9-3-5-15-8-12-18(2)10-4-6-16(7-11-17)14(18)13(15)17/h3-12H2,1-2H3/q+2. The Labute approximate surface area is 110 Å². The summed E-state index contributed by atoms with van der Waals surface area (Å²) in [6.45, 7) is 10.5. The van der Waals surface area contributed by atoms with Gasteiger partial charge in [-0.2, -0.15) is 0 Å². The minimum Gasteiger partial charge on any atom is -0.316 e. The van der Waals surface area contributed by atoms with E-state index in [0.29, 0.717) is 0 Å². The van der Waals surface area contributed by atoms with Gasteiger partial charge < -0.3 is 9.80 Å². The first-order valence-corrected chi connectivity index (χ1v) is 7.57. The summed E-state index contributed by atoms with van der Waals surface area (Å²) < 4.78 is 2.42. The van der Waals surface area contributed by atoms with E-state index >= 15 is 0 Å². The van der Waals surface area contributed by atoms with E-state index in [0.717, 1.165) is 0 Å². The summed E-state index contributed by atoms with van der Waals surface area (Å²) in [4.78, 5) is 5.41. The van der Waals surface area contributed by atoms with Gasteiger partial charge in [-0.1, -0.05) is 0 Å². The molecule has 0 amide bonds. The van der Waals surface area contributed by atoms with Crippen molar-refractivity contribution < 1.29 is 8.97 Å². The maximum atomic E-state index is 2.70. The van der Waals surface area contributed by atoms with Crippen molar-refractivity contribution in [2.75, 3.05) is 66.5 Å². The molecule has 2 unspecified atom stereocenters. The van der Waals surface area contributed by atoms with E-state index < -0.39 is 0 Å². The predicted molar refractivity (Wildman–Crippen MR) is 71.2 cm³/mol. The third-order valence-electron chi connectivity index (χ3n) is 5.71. The summed E-state index contributed by atoms with van der Waals surface area (Å²) in [5, 5.41) is 0. The molecule has 4 heterocycles. The Morgan fingerprint density at radius 3 is 1.56 bits per heavy atom. The molecule has 4 heteroatoms. The summed E-state index contributed by atoms with van der Waals surface area (Å²) >= 11 is 0. The van der Waals surface area contributed by atoms with Crippen LogP contribution >= 0.6 is 0 Å². The molecule has 0 aliphatic carbocycles. The zero-order valence-electron chi connectivity index (χ0n) is 11.9. The maximum Gasteiger partial charge on any atom is 0.285 e. The monoisotopic (exact) mass is 250 g/mol. The van der Waals surface area contributed by atoms with Gasteiger partial charge in [0.1, 0.15) is 13.1 Å². The van der Waals surface area contributed by atoms with E-state index in [4.69, 9.17) is 0 Å². The van der Waals surface area contributed by atoms with Crippen molar-refractivity contribution in [2.45, 2.75) is 12.8 Å². The molecule has 2 saturated heterocycles. The van der Waals surface area contributed by atoms with Crippen LogP contribution in [0.1, 0.15) is 12.8 Å². The van der Waals surface area contributed by atoms with Crippen LogP contribution < -0.4 is 0 Å². The molecule has 0 aromatic heterocycles. The number of rotatable bonds is 0. The summed E-state index contributed by atoms with van der Waals surface area (Å²) in [6, 6.07) is 0. The Morgan fingerprint density at radius 2 is 1.11 bits per heavy atom. The third-order valence-corrected chi connectivity index (χ3v) is 5.71. The highest BCUT2D eigenvalue weighted by molar-refractivity contribution is 5.09. The first kappa shape index (κ1) is 11.1. The molecule has 0 radical (unpaired) electrons. The lowest BCUT2D eigenvalue weighted by Crippen LogP contribution is -2.71. The summed E-state index contributed by atoms with van der Waals surface area (Å²) in [5.41, 5.74) is 0. The van der Waals surface area contributed by atoms with Gasteiger partial charge in [0.05, 0.1) is 40.3 Å². The molecule has 0 bridgehead atoms. The van der Waals surface area contributed by atoms with Crippen LogP contribution in [0.25, 0.3) is 0 Å². The highest BCUT2D eigenvalue weighted by Crippen LogP contribution is 2.41. The van der Waals surface area contributed by atoms with Gasteiger partial charge >= 0.3 is 0 Å². The summed E-state index contributed by atoms with van der Waals surface area (Å²) in [6.07, 6.45) is 2.74. The van der Waals surface area contributed by atoms with E-state index in [1.165, 1.54) is 74.2 Å². The molecule has 2 atom stereocenters. The van der Waals surface area contributed by atoms with Crippen LogP contribution in [0.3, 0.4) is 0 Å². The lowest BCUT2D eigenvalue weighted by Gasteiger charge is -2.57. The second-order valence-corrected chi connectivity index (χ2v) is 7.01. The van der Waals surface area contributed by atoms with Gasteiger partial charge in [-0.3, -0.25) is 8.97 Å². The molecule has 18 heavy (non-hydrogen) atoms. The van der Waals surface area contributed by atoms with Crippen LogP contribution in [0.2, 0.25) is 0 Å². The smallest absolute Gasteiger partial charge is 0.285 e. The Kier molecular flexibility index (Phi) is 2.11. The number of nitrogens with zero attached hydrogens (tertiary/aromatic N) is 4. The molecule has 100 valence electrons. The minimum absolute atomic E-state index is 1.21. The van der Waals surface area contributed by atoms with Crippen molar-refractivity contribution in [1.82, 2.24) is 9.80 Å². The fourth-order valence-electron chi connectivity index (χ4n) is 4.65. The number of hydrogen-bond donors (Lipinski definition) is 0. The second-order valence-electron chi connectivity index (χ2n) is 7.01. The van der Waals surface area contributed by atoms with Crippen molar-refractivity contribution in [1.29, 1.82) is 0 Å². The molecule has 4 rings (SSSR count). The molecular formula is C14H26N4+2. The zero-order chi connectivity index (χ0) is 12.4. The van der Waals surface area contributed by atoms with Gasteiger partial charge in [-0.15, -0.1) is 0 Å². The average Bonchev–Trinajstić information content (AvgIpc) is 2.36. The first-order chi connectivity index (χ1) is 8.62. The molecule has 0 N–H and O–H groups in total. The predicted octanol–water partition coefficient (Wildman–Crippen LogP) is 0.445. The van der Waals surface area contributed by atoms with Gasteiger partial charge in [0.15, 0.2) is 0 Å². The Hall–Kier alpha value is -0.740. The van der Waals surface area contributed by atoms with E-state index in [1.54, 1.807) is 11.6 Å². The molecule has 0 spiro atoms. The van der Waals surface area contributed by atoms with Crippen molar-refractivity contribution in [3.63, 3.8) is 0 Å². The Balaban J connectivity index is 1.91.